The molecule has 0 saturated heterocycles. The summed E-state index contributed by atoms with van der Waals surface area (Å²) in [6.07, 6.45) is 0. The summed E-state index contributed by atoms with van der Waals surface area (Å²) in [4.78, 5) is 28.6. The van der Waals surface area contributed by atoms with Crippen LogP contribution in [0, 0.1) is 0 Å². The van der Waals surface area contributed by atoms with E-state index in [2.05, 4.69) is 9.71 Å². The van der Waals surface area contributed by atoms with Crippen LogP contribution >= 0.6 is 0 Å². The van der Waals surface area contributed by atoms with Gasteiger partial charge in [0, 0.05) is 11.1 Å². The van der Waals surface area contributed by atoms with Gasteiger partial charge in [-0.2, -0.15) is 0 Å². The molecule has 1 aliphatic rings. The normalized spacial score (nSPS) is 15.7. The van der Waals surface area contributed by atoms with Gasteiger partial charge in [-0.15, -0.1) is 0 Å². The second-order valence-electron chi connectivity index (χ2n) is 6.38. The van der Waals surface area contributed by atoms with Gasteiger partial charge in [0.1, 0.15) is 12.4 Å². The van der Waals surface area contributed by atoms with E-state index in [1.54, 1.807) is 30.3 Å². The Hall–Kier alpha value is -3.52. The van der Waals surface area contributed by atoms with Gasteiger partial charge in [0.05, 0.1) is 4.90 Å². The van der Waals surface area contributed by atoms with Crippen LogP contribution in [0.3, 0.4) is 0 Å². The molecule has 0 bridgehead atoms. The van der Waals surface area contributed by atoms with Crippen LogP contribution < -0.4 is 4.72 Å². The summed E-state index contributed by atoms with van der Waals surface area (Å²) in [5, 5.41) is 1.71. The summed E-state index contributed by atoms with van der Waals surface area (Å²) in [5.41, 5.74) is 0.867. The fourth-order valence-corrected chi connectivity index (χ4v) is 4.38. The molecular formula is C21H16N2O5S. The zero-order chi connectivity index (χ0) is 20.4. The number of carbonyl (C=O) groups is 2. The number of carbonyl (C=O) groups excluding carboxylic acids is 2. The van der Waals surface area contributed by atoms with Gasteiger partial charge in [0.2, 0.25) is 5.78 Å². The van der Waals surface area contributed by atoms with E-state index >= 15 is 0 Å². The van der Waals surface area contributed by atoms with Gasteiger partial charge in [0.15, 0.2) is 6.61 Å². The average Bonchev–Trinajstić information content (AvgIpc) is 3.00. The molecule has 0 spiro atoms. The van der Waals surface area contributed by atoms with Gasteiger partial charge in [-0.1, -0.05) is 54.6 Å². The van der Waals surface area contributed by atoms with E-state index in [-0.39, 0.29) is 16.5 Å². The lowest BCUT2D eigenvalue weighted by Gasteiger charge is -2.06. The topological polar surface area (TPSA) is 102 Å². The van der Waals surface area contributed by atoms with E-state index in [9.17, 15) is 18.0 Å². The van der Waals surface area contributed by atoms with E-state index < -0.39 is 29.1 Å². The molecule has 0 aromatic heterocycles. The van der Waals surface area contributed by atoms with Crippen molar-refractivity contribution in [1.82, 2.24) is 4.72 Å². The fourth-order valence-electron chi connectivity index (χ4n) is 3.13. The molecule has 0 unspecified atom stereocenters. The largest absolute Gasteiger partial charge is 0.456 e. The van der Waals surface area contributed by atoms with Gasteiger partial charge < -0.3 is 4.74 Å². The van der Waals surface area contributed by atoms with Crippen LogP contribution in [0.4, 0.5) is 0 Å². The number of rotatable bonds is 5. The Morgan fingerprint density at radius 1 is 0.931 bits per heavy atom. The summed E-state index contributed by atoms with van der Waals surface area (Å²) < 4.78 is 31.4. The molecule has 3 aromatic rings. The number of sulfonamides is 1. The van der Waals surface area contributed by atoms with Crippen LogP contribution in [-0.2, 0) is 19.6 Å². The summed E-state index contributed by atoms with van der Waals surface area (Å²) in [5.74, 6) is -0.970. The van der Waals surface area contributed by atoms with Crippen molar-refractivity contribution in [1.29, 1.82) is 0 Å². The SMILES string of the molecule is O=C(CN=C1NS(=O)(=O)c2ccccc21)OCC(=O)c1cccc2ccccc12. The van der Waals surface area contributed by atoms with Crippen LogP contribution in [-0.4, -0.2) is 39.2 Å². The molecule has 0 atom stereocenters. The molecule has 1 aliphatic heterocycles. The van der Waals surface area contributed by atoms with Crippen molar-refractivity contribution in [2.24, 2.45) is 4.99 Å². The molecule has 3 aromatic carbocycles. The number of esters is 1. The molecule has 7 nitrogen and oxygen atoms in total. The molecular weight excluding hydrogens is 392 g/mol. The second kappa shape index (κ2) is 7.48. The van der Waals surface area contributed by atoms with Gasteiger partial charge in [-0.05, 0) is 22.9 Å². The zero-order valence-electron chi connectivity index (χ0n) is 15.2. The molecule has 0 aliphatic carbocycles. The van der Waals surface area contributed by atoms with Gasteiger partial charge >= 0.3 is 5.97 Å². The van der Waals surface area contributed by atoms with Crippen molar-refractivity contribution in [3.8, 4) is 0 Å². The highest BCUT2D eigenvalue weighted by Gasteiger charge is 2.30. The lowest BCUT2D eigenvalue weighted by molar-refractivity contribution is -0.140. The van der Waals surface area contributed by atoms with Crippen LogP contribution in [0.5, 0.6) is 0 Å². The highest BCUT2D eigenvalue weighted by molar-refractivity contribution is 7.90. The number of fused-ring (bicyclic) bond motifs is 2. The Kier molecular flexibility index (Phi) is 4.85. The van der Waals surface area contributed by atoms with Gasteiger partial charge in [-0.3, -0.25) is 19.3 Å². The highest BCUT2D eigenvalue weighted by atomic mass is 32.2. The third kappa shape index (κ3) is 3.74. The number of ketones is 1. The van der Waals surface area contributed by atoms with Crippen molar-refractivity contribution in [2.45, 2.75) is 4.90 Å². The Balaban J connectivity index is 1.42. The minimum absolute atomic E-state index is 0.0814. The third-order valence-corrected chi connectivity index (χ3v) is 5.88. The second-order valence-corrected chi connectivity index (χ2v) is 8.03. The van der Waals surface area contributed by atoms with Crippen molar-refractivity contribution < 1.29 is 22.7 Å². The number of nitrogens with one attached hydrogen (secondary N) is 1. The lowest BCUT2D eigenvalue weighted by Crippen LogP contribution is -2.24. The van der Waals surface area contributed by atoms with E-state index in [1.165, 1.54) is 6.07 Å². The fraction of sp³-hybridized carbons (Fsp3) is 0.0952. The minimum atomic E-state index is -3.67. The van der Waals surface area contributed by atoms with Crippen molar-refractivity contribution in [2.75, 3.05) is 13.2 Å². The molecule has 1 N–H and O–H groups in total. The third-order valence-electron chi connectivity index (χ3n) is 4.48. The van der Waals surface area contributed by atoms with Crippen molar-refractivity contribution >= 4 is 38.4 Å². The average molecular weight is 408 g/mol. The first-order valence-corrected chi connectivity index (χ1v) is 10.3. The highest BCUT2D eigenvalue weighted by Crippen LogP contribution is 2.22. The Labute approximate surface area is 167 Å². The van der Waals surface area contributed by atoms with E-state index in [0.717, 1.165) is 10.8 Å². The number of amidine groups is 1. The number of hydrogen-bond acceptors (Lipinski definition) is 6. The molecule has 0 radical (unpaired) electrons. The first-order chi connectivity index (χ1) is 14.0. The number of ether oxygens (including phenoxy) is 1. The van der Waals surface area contributed by atoms with Crippen LogP contribution in [0.2, 0.25) is 0 Å². The molecule has 1 heterocycles. The first-order valence-electron chi connectivity index (χ1n) is 8.79. The zero-order valence-corrected chi connectivity index (χ0v) is 16.0. The van der Waals surface area contributed by atoms with Crippen molar-refractivity contribution in [3.05, 3.63) is 77.9 Å². The molecule has 8 heteroatoms. The minimum Gasteiger partial charge on any atom is -0.456 e. The van der Waals surface area contributed by atoms with Crippen LogP contribution in [0.15, 0.2) is 76.6 Å². The van der Waals surface area contributed by atoms with E-state index in [0.29, 0.717) is 11.1 Å². The maximum absolute atomic E-state index is 12.5. The summed E-state index contributed by atoms with van der Waals surface area (Å²) in [6, 6.07) is 19.1. The lowest BCUT2D eigenvalue weighted by atomic mass is 10.0. The molecule has 0 amide bonds. The van der Waals surface area contributed by atoms with E-state index in [1.807, 2.05) is 30.3 Å². The Bertz CT molecular complexity index is 1260. The van der Waals surface area contributed by atoms with Gasteiger partial charge in [0.25, 0.3) is 10.0 Å². The molecule has 0 saturated carbocycles. The quantitative estimate of drug-likeness (QED) is 0.516. The number of aliphatic imine (C=N–C) groups is 1. The standard InChI is InChI=1S/C21H16N2O5S/c24-18(16-10-5-7-14-6-1-2-8-15(14)16)13-28-20(25)12-22-21-17-9-3-4-11-19(17)29(26,27)23-21/h1-11H,12-13H2,(H,22,23). The Morgan fingerprint density at radius 2 is 1.66 bits per heavy atom. The maximum Gasteiger partial charge on any atom is 0.328 e. The summed E-state index contributed by atoms with van der Waals surface area (Å²) in [7, 11) is -3.67. The first kappa shape index (κ1) is 18.8. The van der Waals surface area contributed by atoms with Crippen molar-refractivity contribution in [3.63, 3.8) is 0 Å². The number of benzene rings is 3. The Morgan fingerprint density at radius 3 is 2.52 bits per heavy atom. The number of nitrogens with zero attached hydrogens (tertiary/aromatic N) is 1. The predicted molar refractivity (Wildman–Crippen MR) is 107 cm³/mol. The summed E-state index contributed by atoms with van der Waals surface area (Å²) >= 11 is 0. The van der Waals surface area contributed by atoms with E-state index in [4.69, 9.17) is 4.74 Å². The molecule has 0 fully saturated rings. The van der Waals surface area contributed by atoms with Crippen LogP contribution in [0.25, 0.3) is 10.8 Å². The number of hydrogen-bond donors (Lipinski definition) is 1. The monoisotopic (exact) mass is 408 g/mol. The van der Waals surface area contributed by atoms with Gasteiger partial charge in [-0.25, -0.2) is 8.42 Å². The number of Topliss-reactive ketones (excluding diaryl/α,β-unsaturated/α-hetero) is 1. The maximum atomic E-state index is 12.5. The smallest absolute Gasteiger partial charge is 0.328 e. The molecule has 146 valence electrons. The summed E-state index contributed by atoms with van der Waals surface area (Å²) in [6.45, 7) is -0.824. The molecule has 29 heavy (non-hydrogen) atoms. The molecule has 4 rings (SSSR count). The predicted octanol–water partition coefficient (Wildman–Crippen LogP) is 2.30. The van der Waals surface area contributed by atoms with Crippen LogP contribution in [0.1, 0.15) is 15.9 Å².